The van der Waals surface area contributed by atoms with Gasteiger partial charge in [-0.05, 0) is 28.1 Å². The molecular formula is C8H6FN4. The van der Waals surface area contributed by atoms with Crippen LogP contribution in [0, 0.1) is 12.2 Å². The van der Waals surface area contributed by atoms with Crippen molar-refractivity contribution in [2.45, 2.75) is 0 Å². The molecule has 5 heteroatoms. The number of nitrogens with zero attached hydrogens (tertiary/aromatic N) is 3. The predicted octanol–water partition coefficient (Wildman–Crippen LogP) is 0.939. The highest BCUT2D eigenvalue weighted by Gasteiger charge is 2.00. The smallest absolute Gasteiger partial charge is 0.157 e. The van der Waals surface area contributed by atoms with Crippen LogP contribution in [0.1, 0.15) is 11.4 Å². The van der Waals surface area contributed by atoms with Gasteiger partial charge in [0, 0.05) is 0 Å². The monoisotopic (exact) mass is 177 g/mol. The Morgan fingerprint density at radius 3 is 3.00 bits per heavy atom. The van der Waals surface area contributed by atoms with Gasteiger partial charge in [-0.25, -0.2) is 9.49 Å². The van der Waals surface area contributed by atoms with Crippen LogP contribution in [0.15, 0.2) is 24.3 Å². The fourth-order valence-corrected chi connectivity index (χ4v) is 0.982. The molecule has 1 aromatic heterocycles. The molecule has 2 aromatic rings. The van der Waals surface area contributed by atoms with E-state index in [0.29, 0.717) is 5.82 Å². The van der Waals surface area contributed by atoms with Crippen LogP contribution in [0.2, 0.25) is 0 Å². The van der Waals surface area contributed by atoms with Gasteiger partial charge in [0.2, 0.25) is 0 Å². The minimum absolute atomic E-state index is 0.277. The average Bonchev–Trinajstić information content (AvgIpc) is 2.57. The molecule has 0 spiro atoms. The van der Waals surface area contributed by atoms with Crippen LogP contribution in [0.25, 0.3) is 0 Å². The number of aromatic amines is 1. The summed E-state index contributed by atoms with van der Waals surface area (Å²) < 4.78 is 12.7. The number of aromatic nitrogens is 4. The number of hydrogen-bond donors (Lipinski definition) is 1. The molecule has 0 saturated carbocycles. The molecule has 4 nitrogen and oxygen atoms in total. The maximum atomic E-state index is 12.7. The molecule has 0 aliphatic rings. The lowest BCUT2D eigenvalue weighted by molar-refractivity contribution is 0.627. The first kappa shape index (κ1) is 7.85. The zero-order valence-electron chi connectivity index (χ0n) is 6.61. The molecule has 1 radical (unpaired) electrons. The third-order valence-corrected chi connectivity index (χ3v) is 1.51. The Morgan fingerprint density at radius 2 is 2.31 bits per heavy atom. The standard InChI is InChI=1S/C8H6FN4/c9-7-3-1-2-6(4-7)5-8-10-12-13-11-8/h1-5H,(H,10,11,12,13). The minimum atomic E-state index is -0.277. The van der Waals surface area contributed by atoms with Crippen LogP contribution < -0.4 is 0 Å². The second-order valence-electron chi connectivity index (χ2n) is 2.49. The lowest BCUT2D eigenvalue weighted by Crippen LogP contribution is -1.88. The second kappa shape index (κ2) is 3.30. The molecule has 1 N–H and O–H groups in total. The summed E-state index contributed by atoms with van der Waals surface area (Å²) in [5.74, 6) is 0.229. The van der Waals surface area contributed by atoms with Gasteiger partial charge >= 0.3 is 0 Å². The van der Waals surface area contributed by atoms with E-state index in [1.54, 1.807) is 18.6 Å². The first-order valence-corrected chi connectivity index (χ1v) is 3.68. The van der Waals surface area contributed by atoms with Crippen molar-refractivity contribution in [3.8, 4) is 0 Å². The van der Waals surface area contributed by atoms with Gasteiger partial charge in [0.1, 0.15) is 5.82 Å². The van der Waals surface area contributed by atoms with Crippen molar-refractivity contribution in [3.05, 3.63) is 47.9 Å². The van der Waals surface area contributed by atoms with E-state index in [9.17, 15) is 4.39 Å². The number of benzene rings is 1. The van der Waals surface area contributed by atoms with Gasteiger partial charge < -0.3 is 0 Å². The molecule has 1 aromatic carbocycles. The third kappa shape index (κ3) is 1.87. The highest BCUT2D eigenvalue weighted by molar-refractivity contribution is 5.29. The average molecular weight is 177 g/mol. The molecule has 1 heterocycles. The number of nitrogens with one attached hydrogen (secondary N) is 1. The molecule has 0 amide bonds. The number of rotatable bonds is 2. The van der Waals surface area contributed by atoms with Crippen molar-refractivity contribution in [1.82, 2.24) is 20.6 Å². The Bertz CT molecular complexity index is 385. The Hall–Kier alpha value is -1.78. The van der Waals surface area contributed by atoms with Gasteiger partial charge in [-0.2, -0.15) is 0 Å². The van der Waals surface area contributed by atoms with Gasteiger partial charge in [-0.1, -0.05) is 12.1 Å². The Balaban J connectivity index is 2.19. The molecular weight excluding hydrogens is 171 g/mol. The van der Waals surface area contributed by atoms with Gasteiger partial charge in [0.05, 0.1) is 6.42 Å². The first-order valence-electron chi connectivity index (χ1n) is 3.68. The summed E-state index contributed by atoms with van der Waals surface area (Å²) in [7, 11) is 0. The number of H-pyrrole nitrogens is 1. The fourth-order valence-electron chi connectivity index (χ4n) is 0.982. The largest absolute Gasteiger partial charge is 0.242 e. The SMILES string of the molecule is Fc1cccc([CH]c2nnn[nH]2)c1. The highest BCUT2D eigenvalue weighted by Crippen LogP contribution is 2.08. The summed E-state index contributed by atoms with van der Waals surface area (Å²) in [6.45, 7) is 0. The maximum Gasteiger partial charge on any atom is 0.157 e. The van der Waals surface area contributed by atoms with E-state index in [1.165, 1.54) is 12.1 Å². The van der Waals surface area contributed by atoms with Crippen LogP contribution in [-0.4, -0.2) is 20.6 Å². The predicted molar refractivity (Wildman–Crippen MR) is 43.1 cm³/mol. The number of halogens is 1. The van der Waals surface area contributed by atoms with E-state index >= 15 is 0 Å². The molecule has 0 unspecified atom stereocenters. The van der Waals surface area contributed by atoms with Crippen molar-refractivity contribution in [2.24, 2.45) is 0 Å². The first-order chi connectivity index (χ1) is 6.34. The van der Waals surface area contributed by atoms with E-state index < -0.39 is 0 Å². The van der Waals surface area contributed by atoms with E-state index in [-0.39, 0.29) is 5.82 Å². The summed E-state index contributed by atoms with van der Waals surface area (Å²) in [4.78, 5) is 0. The van der Waals surface area contributed by atoms with Crippen LogP contribution >= 0.6 is 0 Å². The maximum absolute atomic E-state index is 12.7. The lowest BCUT2D eigenvalue weighted by atomic mass is 10.1. The zero-order valence-corrected chi connectivity index (χ0v) is 6.61. The summed E-state index contributed by atoms with van der Waals surface area (Å²) in [5, 5.41) is 13.0. The topological polar surface area (TPSA) is 54.5 Å². The van der Waals surface area contributed by atoms with E-state index in [0.717, 1.165) is 5.56 Å². The summed E-state index contributed by atoms with van der Waals surface area (Å²) in [6, 6.07) is 6.19. The van der Waals surface area contributed by atoms with Gasteiger partial charge in [0.25, 0.3) is 0 Å². The molecule has 0 saturated heterocycles. The van der Waals surface area contributed by atoms with Crippen LogP contribution in [0.3, 0.4) is 0 Å². The summed E-state index contributed by atoms with van der Waals surface area (Å²) >= 11 is 0. The minimum Gasteiger partial charge on any atom is -0.242 e. The van der Waals surface area contributed by atoms with Crippen molar-refractivity contribution in [3.63, 3.8) is 0 Å². The summed E-state index contributed by atoms with van der Waals surface area (Å²) in [5.41, 5.74) is 0.721. The molecule has 0 atom stereocenters. The fraction of sp³-hybridized carbons (Fsp3) is 0. The van der Waals surface area contributed by atoms with Gasteiger partial charge in [0.15, 0.2) is 5.82 Å². The van der Waals surface area contributed by atoms with Crippen molar-refractivity contribution < 1.29 is 4.39 Å². The van der Waals surface area contributed by atoms with Crippen LogP contribution in [-0.2, 0) is 0 Å². The van der Waals surface area contributed by atoms with Gasteiger partial charge in [-0.3, -0.25) is 0 Å². The Kier molecular flexibility index (Phi) is 1.99. The molecule has 0 aliphatic heterocycles. The molecule has 65 valence electrons. The Morgan fingerprint density at radius 1 is 1.38 bits per heavy atom. The van der Waals surface area contributed by atoms with Gasteiger partial charge in [-0.15, -0.1) is 5.10 Å². The normalized spacial score (nSPS) is 10.2. The molecule has 2 rings (SSSR count). The summed E-state index contributed by atoms with van der Waals surface area (Å²) in [6.07, 6.45) is 1.66. The van der Waals surface area contributed by atoms with Crippen molar-refractivity contribution in [2.75, 3.05) is 0 Å². The van der Waals surface area contributed by atoms with E-state index in [2.05, 4.69) is 20.6 Å². The second-order valence-corrected chi connectivity index (χ2v) is 2.49. The van der Waals surface area contributed by atoms with Crippen molar-refractivity contribution in [1.29, 1.82) is 0 Å². The molecule has 13 heavy (non-hydrogen) atoms. The number of hydrogen-bond acceptors (Lipinski definition) is 3. The Labute approximate surface area is 73.8 Å². The van der Waals surface area contributed by atoms with E-state index in [4.69, 9.17) is 0 Å². The third-order valence-electron chi connectivity index (χ3n) is 1.51. The number of tetrazole rings is 1. The van der Waals surface area contributed by atoms with Crippen LogP contribution in [0.4, 0.5) is 4.39 Å². The molecule has 0 bridgehead atoms. The van der Waals surface area contributed by atoms with Crippen LogP contribution in [0.5, 0.6) is 0 Å². The quantitative estimate of drug-likeness (QED) is 0.742. The highest BCUT2D eigenvalue weighted by atomic mass is 19.1. The van der Waals surface area contributed by atoms with E-state index in [1.807, 2.05) is 0 Å². The molecule has 0 fully saturated rings. The van der Waals surface area contributed by atoms with Crippen molar-refractivity contribution >= 4 is 0 Å². The lowest BCUT2D eigenvalue weighted by Gasteiger charge is -1.95. The molecule has 0 aliphatic carbocycles. The zero-order chi connectivity index (χ0) is 9.10.